The van der Waals surface area contributed by atoms with Crippen molar-refractivity contribution in [1.82, 2.24) is 0 Å². The fourth-order valence-electron chi connectivity index (χ4n) is 1.32. The van der Waals surface area contributed by atoms with Gasteiger partial charge >= 0.3 is 0 Å². The summed E-state index contributed by atoms with van der Waals surface area (Å²) >= 11 is 0. The topological polar surface area (TPSA) is 78.3 Å². The fourth-order valence-corrected chi connectivity index (χ4v) is 1.32. The summed E-state index contributed by atoms with van der Waals surface area (Å²) in [5.41, 5.74) is 12.3. The molecule has 0 saturated heterocycles. The smallest absolute Gasteiger partial charge is 0.251 e. The van der Waals surface area contributed by atoms with Crippen LogP contribution in [0.3, 0.4) is 0 Å². The average molecular weight is 206 g/mol. The quantitative estimate of drug-likeness (QED) is 0.720. The highest BCUT2D eigenvalue weighted by atomic mass is 16.5. The Kier molecular flexibility index (Phi) is 3.33. The molecule has 0 spiro atoms. The third-order valence-electron chi connectivity index (χ3n) is 2.02. The van der Waals surface area contributed by atoms with Crippen molar-refractivity contribution in [3.05, 3.63) is 35.5 Å². The van der Waals surface area contributed by atoms with Gasteiger partial charge in [-0.25, -0.2) is 0 Å². The lowest BCUT2D eigenvalue weighted by molar-refractivity contribution is -0.112. The van der Waals surface area contributed by atoms with Gasteiger partial charge in [-0.2, -0.15) is 0 Å². The maximum Gasteiger partial charge on any atom is 0.251 e. The SMILES string of the molecule is COc1ccc(/C(C(N)=O)=C(\C)N)cc1. The van der Waals surface area contributed by atoms with E-state index in [0.717, 1.165) is 5.75 Å². The third kappa shape index (κ3) is 2.49. The highest BCUT2D eigenvalue weighted by molar-refractivity contribution is 6.19. The Labute approximate surface area is 88.5 Å². The van der Waals surface area contributed by atoms with E-state index in [1.54, 1.807) is 38.3 Å². The maximum absolute atomic E-state index is 11.1. The highest BCUT2D eigenvalue weighted by Gasteiger charge is 2.10. The first-order valence-electron chi connectivity index (χ1n) is 4.47. The van der Waals surface area contributed by atoms with Gasteiger partial charge in [0.15, 0.2) is 0 Å². The largest absolute Gasteiger partial charge is 0.497 e. The predicted octanol–water partition coefficient (Wildman–Crippen LogP) is 0.870. The van der Waals surface area contributed by atoms with E-state index in [-0.39, 0.29) is 0 Å². The van der Waals surface area contributed by atoms with Crippen molar-refractivity contribution in [1.29, 1.82) is 0 Å². The Bertz CT molecular complexity index is 390. The normalized spacial score (nSPS) is 11.9. The van der Waals surface area contributed by atoms with Crippen LogP contribution in [0.2, 0.25) is 0 Å². The van der Waals surface area contributed by atoms with Gasteiger partial charge in [-0.3, -0.25) is 4.79 Å². The first kappa shape index (κ1) is 11.1. The molecule has 1 amide bonds. The molecular formula is C11H14N2O2. The molecule has 0 aliphatic carbocycles. The Morgan fingerprint density at radius 2 is 1.73 bits per heavy atom. The van der Waals surface area contributed by atoms with Gasteiger partial charge in [-0.05, 0) is 24.6 Å². The molecule has 1 aromatic carbocycles. The van der Waals surface area contributed by atoms with Gasteiger partial charge in [0.25, 0.3) is 5.91 Å². The summed E-state index contributed by atoms with van der Waals surface area (Å²) in [6.45, 7) is 1.64. The zero-order valence-electron chi connectivity index (χ0n) is 8.78. The monoisotopic (exact) mass is 206 g/mol. The van der Waals surface area contributed by atoms with E-state index in [2.05, 4.69) is 0 Å². The average Bonchev–Trinajstić information content (AvgIpc) is 2.18. The number of allylic oxidation sites excluding steroid dienone is 1. The second-order valence-electron chi connectivity index (χ2n) is 3.15. The lowest BCUT2D eigenvalue weighted by Gasteiger charge is -2.06. The summed E-state index contributed by atoms with van der Waals surface area (Å²) in [6, 6.07) is 6.99. The zero-order chi connectivity index (χ0) is 11.4. The van der Waals surface area contributed by atoms with Crippen molar-refractivity contribution in [2.45, 2.75) is 6.92 Å². The molecule has 4 nitrogen and oxygen atoms in total. The molecule has 0 radical (unpaired) electrons. The number of primary amides is 1. The van der Waals surface area contributed by atoms with Crippen LogP contribution in [-0.2, 0) is 4.79 Å². The molecule has 0 fully saturated rings. The molecule has 80 valence electrons. The lowest BCUT2D eigenvalue weighted by Crippen LogP contribution is -2.16. The van der Waals surface area contributed by atoms with Gasteiger partial charge in [0.1, 0.15) is 5.75 Å². The van der Waals surface area contributed by atoms with Crippen LogP contribution in [0.25, 0.3) is 5.57 Å². The number of methoxy groups -OCH3 is 1. The van der Waals surface area contributed by atoms with Crippen LogP contribution in [-0.4, -0.2) is 13.0 Å². The number of rotatable bonds is 3. The Morgan fingerprint density at radius 3 is 2.07 bits per heavy atom. The van der Waals surface area contributed by atoms with E-state index in [1.807, 2.05) is 0 Å². The molecule has 15 heavy (non-hydrogen) atoms. The van der Waals surface area contributed by atoms with Crippen molar-refractivity contribution in [2.24, 2.45) is 11.5 Å². The zero-order valence-corrected chi connectivity index (χ0v) is 8.78. The Morgan fingerprint density at radius 1 is 1.20 bits per heavy atom. The maximum atomic E-state index is 11.1. The molecule has 1 aromatic rings. The molecule has 0 heterocycles. The second kappa shape index (κ2) is 4.50. The molecule has 0 aromatic heterocycles. The molecule has 1 rings (SSSR count). The van der Waals surface area contributed by atoms with Gasteiger partial charge < -0.3 is 16.2 Å². The summed E-state index contributed by atoms with van der Waals surface area (Å²) < 4.78 is 5.01. The number of ether oxygens (including phenoxy) is 1. The van der Waals surface area contributed by atoms with E-state index in [0.29, 0.717) is 16.8 Å². The van der Waals surface area contributed by atoms with Crippen molar-refractivity contribution in [2.75, 3.05) is 7.11 Å². The number of hydrogen-bond donors (Lipinski definition) is 2. The molecule has 0 atom stereocenters. The minimum atomic E-state index is -0.528. The summed E-state index contributed by atoms with van der Waals surface area (Å²) in [4.78, 5) is 11.1. The number of benzene rings is 1. The molecule has 4 N–H and O–H groups in total. The van der Waals surface area contributed by atoms with Crippen molar-refractivity contribution in [3.8, 4) is 5.75 Å². The molecule has 4 heteroatoms. The minimum Gasteiger partial charge on any atom is -0.497 e. The van der Waals surface area contributed by atoms with Crippen LogP contribution in [0.1, 0.15) is 12.5 Å². The molecule has 0 bridgehead atoms. The van der Waals surface area contributed by atoms with E-state index in [1.165, 1.54) is 0 Å². The van der Waals surface area contributed by atoms with E-state index >= 15 is 0 Å². The summed E-state index contributed by atoms with van der Waals surface area (Å²) in [6.07, 6.45) is 0. The molecule has 0 aliphatic heterocycles. The number of hydrogen-bond acceptors (Lipinski definition) is 3. The van der Waals surface area contributed by atoms with E-state index in [4.69, 9.17) is 16.2 Å². The van der Waals surface area contributed by atoms with Crippen molar-refractivity contribution in [3.63, 3.8) is 0 Å². The van der Waals surface area contributed by atoms with Crippen molar-refractivity contribution < 1.29 is 9.53 Å². The number of nitrogens with two attached hydrogens (primary N) is 2. The predicted molar refractivity (Wildman–Crippen MR) is 59.0 cm³/mol. The van der Waals surface area contributed by atoms with Gasteiger partial charge in [-0.1, -0.05) is 12.1 Å². The first-order chi connectivity index (χ1) is 7.06. The molecule has 0 unspecified atom stereocenters. The summed E-state index contributed by atoms with van der Waals surface area (Å²) in [5.74, 6) is 0.192. The third-order valence-corrected chi connectivity index (χ3v) is 2.02. The minimum absolute atomic E-state index is 0.345. The van der Waals surface area contributed by atoms with Crippen molar-refractivity contribution >= 4 is 11.5 Å². The van der Waals surface area contributed by atoms with Crippen LogP contribution in [0.4, 0.5) is 0 Å². The van der Waals surface area contributed by atoms with Gasteiger partial charge in [-0.15, -0.1) is 0 Å². The molecule has 0 aliphatic rings. The summed E-state index contributed by atoms with van der Waals surface area (Å²) in [7, 11) is 1.58. The molecular weight excluding hydrogens is 192 g/mol. The number of carbonyl (C=O) groups is 1. The highest BCUT2D eigenvalue weighted by Crippen LogP contribution is 2.19. The lowest BCUT2D eigenvalue weighted by atomic mass is 10.0. The van der Waals surface area contributed by atoms with Gasteiger partial charge in [0.05, 0.1) is 12.7 Å². The van der Waals surface area contributed by atoms with E-state index in [9.17, 15) is 4.79 Å². The fraction of sp³-hybridized carbons (Fsp3) is 0.182. The van der Waals surface area contributed by atoms with Crippen LogP contribution >= 0.6 is 0 Å². The molecule has 0 saturated carbocycles. The second-order valence-corrected chi connectivity index (χ2v) is 3.15. The summed E-state index contributed by atoms with van der Waals surface area (Å²) in [5, 5.41) is 0. The van der Waals surface area contributed by atoms with Crippen LogP contribution in [0.5, 0.6) is 5.75 Å². The number of amides is 1. The van der Waals surface area contributed by atoms with Crippen LogP contribution in [0.15, 0.2) is 30.0 Å². The standard InChI is InChI=1S/C11H14N2O2/c1-7(12)10(11(13)14)8-3-5-9(15-2)6-4-8/h3-6H,12H2,1-2H3,(H2,13,14)/b10-7-. The van der Waals surface area contributed by atoms with Crippen LogP contribution < -0.4 is 16.2 Å². The number of carbonyl (C=O) groups excluding carboxylic acids is 1. The Balaban J connectivity index is 3.15. The first-order valence-corrected chi connectivity index (χ1v) is 4.47. The van der Waals surface area contributed by atoms with E-state index < -0.39 is 5.91 Å². The van der Waals surface area contributed by atoms with Gasteiger partial charge in [0.2, 0.25) is 0 Å². The van der Waals surface area contributed by atoms with Crippen LogP contribution in [0, 0.1) is 0 Å². The Hall–Kier alpha value is -1.97. The van der Waals surface area contributed by atoms with Gasteiger partial charge in [0, 0.05) is 5.70 Å².